The molecule has 7 nitrogen and oxygen atoms in total. The maximum atomic E-state index is 12.2. The fourth-order valence-electron chi connectivity index (χ4n) is 1.95. The van der Waals surface area contributed by atoms with E-state index in [0.29, 0.717) is 17.4 Å². The summed E-state index contributed by atoms with van der Waals surface area (Å²) in [6.45, 7) is 2.33. The van der Waals surface area contributed by atoms with Gasteiger partial charge in [0.2, 0.25) is 11.1 Å². The van der Waals surface area contributed by atoms with Crippen LogP contribution in [-0.4, -0.2) is 36.5 Å². The van der Waals surface area contributed by atoms with E-state index in [4.69, 9.17) is 0 Å². The second kappa shape index (κ2) is 7.45. The Morgan fingerprint density at radius 2 is 2.17 bits per heavy atom. The summed E-state index contributed by atoms with van der Waals surface area (Å²) in [5.41, 5.74) is 0.714. The van der Waals surface area contributed by atoms with Crippen molar-refractivity contribution in [1.29, 1.82) is 0 Å². The van der Waals surface area contributed by atoms with E-state index in [0.717, 1.165) is 4.88 Å². The van der Waals surface area contributed by atoms with Crippen molar-refractivity contribution in [2.45, 2.75) is 23.9 Å². The van der Waals surface area contributed by atoms with Crippen LogP contribution < -0.4 is 5.32 Å². The van der Waals surface area contributed by atoms with Gasteiger partial charge in [-0.15, -0.1) is 16.4 Å². The largest absolute Gasteiger partial charge is 0.508 e. The predicted molar refractivity (Wildman–Crippen MR) is 92.3 cm³/mol. The molecule has 0 saturated heterocycles. The van der Waals surface area contributed by atoms with Gasteiger partial charge in [-0.2, -0.15) is 4.68 Å². The first-order chi connectivity index (χ1) is 11.6. The first kappa shape index (κ1) is 16.5. The zero-order chi connectivity index (χ0) is 16.9. The minimum absolute atomic E-state index is 0.0753. The van der Waals surface area contributed by atoms with E-state index in [1.165, 1.54) is 16.4 Å². The smallest absolute Gasteiger partial charge is 0.233 e. The highest BCUT2D eigenvalue weighted by molar-refractivity contribution is 8.00. The summed E-state index contributed by atoms with van der Waals surface area (Å²) in [5, 5.41) is 26.0. The third-order valence-electron chi connectivity index (χ3n) is 3.20. The molecule has 3 rings (SSSR count). The molecule has 0 bridgehead atoms. The molecular weight excluding hydrogens is 346 g/mol. The average molecular weight is 361 g/mol. The second-order valence-corrected chi connectivity index (χ2v) is 7.29. The third-order valence-corrected chi connectivity index (χ3v) is 5.11. The Morgan fingerprint density at radius 3 is 2.88 bits per heavy atom. The van der Waals surface area contributed by atoms with Gasteiger partial charge in [0, 0.05) is 4.88 Å². The monoisotopic (exact) mass is 361 g/mol. The van der Waals surface area contributed by atoms with Gasteiger partial charge in [0.05, 0.1) is 17.5 Å². The number of carbonyl (C=O) groups excluding carboxylic acids is 1. The Bertz CT molecular complexity index is 802. The molecule has 0 radical (unpaired) electrons. The van der Waals surface area contributed by atoms with Gasteiger partial charge in [-0.25, -0.2) is 0 Å². The number of thiophene rings is 1. The summed E-state index contributed by atoms with van der Waals surface area (Å²) in [4.78, 5) is 13.3. The SMILES string of the molecule is CC(Sc1nnnn1-c1ccc(O)cc1)C(=O)NCc1cccs1. The quantitative estimate of drug-likeness (QED) is 0.654. The van der Waals surface area contributed by atoms with Crippen LogP contribution in [0.1, 0.15) is 11.8 Å². The normalized spacial score (nSPS) is 12.0. The van der Waals surface area contributed by atoms with Crippen LogP contribution in [-0.2, 0) is 11.3 Å². The standard InChI is InChI=1S/C15H15N5O2S2/c1-10(14(22)16-9-13-3-2-8-23-13)24-15-17-18-19-20(15)11-4-6-12(21)7-5-11/h2-8,10,21H,9H2,1H3,(H,16,22). The number of aromatic nitrogens is 4. The van der Waals surface area contributed by atoms with Crippen LogP contribution in [0.4, 0.5) is 0 Å². The van der Waals surface area contributed by atoms with E-state index >= 15 is 0 Å². The first-order valence-corrected chi connectivity index (χ1v) is 8.94. The number of aromatic hydroxyl groups is 1. The highest BCUT2D eigenvalue weighted by Gasteiger charge is 2.19. The van der Waals surface area contributed by atoms with Gasteiger partial charge in [-0.1, -0.05) is 17.8 Å². The van der Waals surface area contributed by atoms with Crippen molar-refractivity contribution < 1.29 is 9.90 Å². The van der Waals surface area contributed by atoms with Crippen molar-refractivity contribution in [1.82, 2.24) is 25.5 Å². The van der Waals surface area contributed by atoms with Crippen LogP contribution in [0.15, 0.2) is 46.9 Å². The molecule has 0 spiro atoms. The summed E-state index contributed by atoms with van der Waals surface area (Å²) >= 11 is 2.88. The molecule has 0 fully saturated rings. The molecule has 3 aromatic rings. The summed E-state index contributed by atoms with van der Waals surface area (Å²) in [6.07, 6.45) is 0. The zero-order valence-corrected chi connectivity index (χ0v) is 14.4. The Morgan fingerprint density at radius 1 is 1.38 bits per heavy atom. The van der Waals surface area contributed by atoms with Crippen LogP contribution in [0.3, 0.4) is 0 Å². The molecule has 0 aliphatic carbocycles. The van der Waals surface area contributed by atoms with Crippen LogP contribution in [0.2, 0.25) is 0 Å². The number of nitrogens with one attached hydrogen (secondary N) is 1. The van der Waals surface area contributed by atoms with Gasteiger partial charge in [-0.05, 0) is 53.1 Å². The lowest BCUT2D eigenvalue weighted by Crippen LogP contribution is -2.30. The number of tetrazole rings is 1. The summed E-state index contributed by atoms with van der Waals surface area (Å²) in [7, 11) is 0. The molecule has 0 saturated carbocycles. The van der Waals surface area contributed by atoms with E-state index in [2.05, 4.69) is 20.8 Å². The number of carbonyl (C=O) groups is 1. The highest BCUT2D eigenvalue weighted by atomic mass is 32.2. The number of rotatable bonds is 6. The number of amides is 1. The van der Waals surface area contributed by atoms with Gasteiger partial charge in [-0.3, -0.25) is 4.79 Å². The van der Waals surface area contributed by atoms with E-state index in [9.17, 15) is 9.90 Å². The van der Waals surface area contributed by atoms with Crippen LogP contribution >= 0.6 is 23.1 Å². The molecule has 9 heteroatoms. The molecule has 0 aliphatic heterocycles. The van der Waals surface area contributed by atoms with Gasteiger partial charge in [0.1, 0.15) is 5.75 Å². The molecule has 2 heterocycles. The van der Waals surface area contributed by atoms with Gasteiger partial charge >= 0.3 is 0 Å². The Kier molecular flexibility index (Phi) is 5.11. The number of nitrogens with zero attached hydrogens (tertiary/aromatic N) is 4. The van der Waals surface area contributed by atoms with Crippen molar-refractivity contribution in [2.24, 2.45) is 0 Å². The molecule has 1 aromatic carbocycles. The minimum atomic E-state index is -0.341. The van der Waals surface area contributed by atoms with E-state index in [-0.39, 0.29) is 16.9 Å². The number of benzene rings is 1. The van der Waals surface area contributed by atoms with Gasteiger partial charge in [0.15, 0.2) is 0 Å². The highest BCUT2D eigenvalue weighted by Crippen LogP contribution is 2.23. The topological polar surface area (TPSA) is 92.9 Å². The molecule has 24 heavy (non-hydrogen) atoms. The zero-order valence-electron chi connectivity index (χ0n) is 12.8. The molecular formula is C15H15N5O2S2. The number of hydrogen-bond acceptors (Lipinski definition) is 7. The number of hydrogen-bond donors (Lipinski definition) is 2. The van der Waals surface area contributed by atoms with E-state index in [1.54, 1.807) is 35.6 Å². The first-order valence-electron chi connectivity index (χ1n) is 7.18. The summed E-state index contributed by atoms with van der Waals surface area (Å²) in [6, 6.07) is 10.5. The lowest BCUT2D eigenvalue weighted by Gasteiger charge is -2.11. The van der Waals surface area contributed by atoms with E-state index < -0.39 is 0 Å². The molecule has 0 aliphatic rings. The van der Waals surface area contributed by atoms with Crippen LogP contribution in [0.25, 0.3) is 5.69 Å². The molecule has 1 unspecified atom stereocenters. The minimum Gasteiger partial charge on any atom is -0.508 e. The van der Waals surface area contributed by atoms with Crippen molar-refractivity contribution in [3.63, 3.8) is 0 Å². The second-order valence-electron chi connectivity index (χ2n) is 4.95. The van der Waals surface area contributed by atoms with Crippen molar-refractivity contribution in [3.05, 3.63) is 46.7 Å². The van der Waals surface area contributed by atoms with Crippen molar-refractivity contribution >= 4 is 29.0 Å². The molecule has 2 aromatic heterocycles. The van der Waals surface area contributed by atoms with E-state index in [1.807, 2.05) is 24.4 Å². The Hall–Kier alpha value is -2.39. The summed E-state index contributed by atoms with van der Waals surface area (Å²) < 4.78 is 1.53. The number of thioether (sulfide) groups is 1. The van der Waals surface area contributed by atoms with Crippen LogP contribution in [0.5, 0.6) is 5.75 Å². The fraction of sp³-hybridized carbons (Fsp3) is 0.200. The number of phenolic OH excluding ortho intramolecular Hbond substituents is 1. The van der Waals surface area contributed by atoms with Crippen molar-refractivity contribution in [2.75, 3.05) is 0 Å². The molecule has 2 N–H and O–H groups in total. The van der Waals surface area contributed by atoms with Gasteiger partial charge < -0.3 is 10.4 Å². The van der Waals surface area contributed by atoms with Crippen molar-refractivity contribution in [3.8, 4) is 11.4 Å². The number of phenols is 1. The Labute approximate surface area is 146 Å². The summed E-state index contributed by atoms with van der Waals surface area (Å²) in [5.74, 6) is 0.0935. The van der Waals surface area contributed by atoms with Crippen LogP contribution in [0, 0.1) is 0 Å². The maximum Gasteiger partial charge on any atom is 0.233 e. The molecule has 1 amide bonds. The molecule has 1 atom stereocenters. The lowest BCUT2D eigenvalue weighted by molar-refractivity contribution is -0.120. The average Bonchev–Trinajstić information content (AvgIpc) is 3.25. The third kappa shape index (κ3) is 3.92. The predicted octanol–water partition coefficient (Wildman–Crippen LogP) is 2.23. The Balaban J connectivity index is 1.64. The molecule has 124 valence electrons. The lowest BCUT2D eigenvalue weighted by atomic mass is 10.3. The van der Waals surface area contributed by atoms with Gasteiger partial charge in [0.25, 0.3) is 0 Å². The fourth-order valence-corrected chi connectivity index (χ4v) is 3.43. The maximum absolute atomic E-state index is 12.2.